The highest BCUT2D eigenvalue weighted by molar-refractivity contribution is 7.88. The number of carbonyl (C=O) groups is 1. The van der Waals surface area contributed by atoms with E-state index < -0.39 is 15.9 Å². The summed E-state index contributed by atoms with van der Waals surface area (Å²) < 4.78 is 23.8. The van der Waals surface area contributed by atoms with Crippen LogP contribution in [0, 0.1) is 6.92 Å². The van der Waals surface area contributed by atoms with Gasteiger partial charge < -0.3 is 15.5 Å². The molecule has 1 aliphatic rings. The summed E-state index contributed by atoms with van der Waals surface area (Å²) in [6, 6.07) is 9.02. The third-order valence-electron chi connectivity index (χ3n) is 4.60. The predicted molar refractivity (Wildman–Crippen MR) is 114 cm³/mol. The van der Waals surface area contributed by atoms with Crippen LogP contribution in [0.3, 0.4) is 0 Å². The number of benzene rings is 1. The summed E-state index contributed by atoms with van der Waals surface area (Å²) in [6.07, 6.45) is 3.38. The van der Waals surface area contributed by atoms with Gasteiger partial charge in [-0.25, -0.2) is 13.4 Å². The Labute approximate surface area is 171 Å². The van der Waals surface area contributed by atoms with Crippen LogP contribution in [0.25, 0.3) is 0 Å². The fourth-order valence-corrected chi connectivity index (χ4v) is 3.33. The molecule has 0 aliphatic carbocycles. The van der Waals surface area contributed by atoms with Gasteiger partial charge in [0.15, 0.2) is 0 Å². The summed E-state index contributed by atoms with van der Waals surface area (Å²) in [5, 5.41) is 5.95. The normalized spacial score (nSPS) is 14.3. The van der Waals surface area contributed by atoms with Crippen molar-refractivity contribution >= 4 is 39.1 Å². The Morgan fingerprint density at radius 2 is 1.76 bits per heavy atom. The Balaban J connectivity index is 1.63. The molecule has 0 bridgehead atoms. The van der Waals surface area contributed by atoms with Gasteiger partial charge in [-0.3, -0.25) is 4.79 Å². The van der Waals surface area contributed by atoms with Crippen LogP contribution in [0.1, 0.15) is 18.5 Å². The van der Waals surface area contributed by atoms with Gasteiger partial charge in [0.2, 0.25) is 21.9 Å². The molecule has 0 spiro atoms. The van der Waals surface area contributed by atoms with Gasteiger partial charge in [0, 0.05) is 43.3 Å². The van der Waals surface area contributed by atoms with Crippen LogP contribution in [0.2, 0.25) is 0 Å². The van der Waals surface area contributed by atoms with Crippen LogP contribution in [0.4, 0.5) is 23.1 Å². The monoisotopic (exact) mass is 418 g/mol. The molecule has 0 atom stereocenters. The van der Waals surface area contributed by atoms with Gasteiger partial charge in [-0.2, -0.15) is 9.29 Å². The summed E-state index contributed by atoms with van der Waals surface area (Å²) in [5.41, 5.74) is 2.30. The molecule has 156 valence electrons. The van der Waals surface area contributed by atoms with E-state index in [0.717, 1.165) is 53.8 Å². The van der Waals surface area contributed by atoms with E-state index in [0.29, 0.717) is 11.5 Å². The molecule has 0 unspecified atom stereocenters. The van der Waals surface area contributed by atoms with Gasteiger partial charge in [0.25, 0.3) is 0 Å². The molecule has 1 fully saturated rings. The molecule has 1 saturated heterocycles. The summed E-state index contributed by atoms with van der Waals surface area (Å²) in [4.78, 5) is 23.3. The Hall–Kier alpha value is -2.72. The number of anilines is 4. The fourth-order valence-electron chi connectivity index (χ4n) is 2.98. The topological polar surface area (TPSA) is 108 Å². The third kappa shape index (κ3) is 5.88. The van der Waals surface area contributed by atoms with E-state index in [1.807, 2.05) is 25.1 Å². The summed E-state index contributed by atoms with van der Waals surface area (Å²) >= 11 is 0. The maximum atomic E-state index is 12.0. The summed E-state index contributed by atoms with van der Waals surface area (Å²) in [7, 11) is -2.03. The second kappa shape index (κ2) is 8.75. The first-order chi connectivity index (χ1) is 13.7. The first-order valence-corrected chi connectivity index (χ1v) is 11.2. The maximum absolute atomic E-state index is 12.0. The summed E-state index contributed by atoms with van der Waals surface area (Å²) in [6.45, 7) is 3.66. The van der Waals surface area contributed by atoms with E-state index in [4.69, 9.17) is 0 Å². The number of likely N-dealkylation sites (N-methyl/N-ethyl adjacent to an activating group) is 1. The van der Waals surface area contributed by atoms with E-state index >= 15 is 0 Å². The second-order valence-corrected chi connectivity index (χ2v) is 9.25. The van der Waals surface area contributed by atoms with Crippen LogP contribution < -0.4 is 15.5 Å². The Kier molecular flexibility index (Phi) is 6.33. The maximum Gasteiger partial charge on any atom is 0.239 e. The lowest BCUT2D eigenvalue weighted by Crippen LogP contribution is -2.34. The lowest BCUT2D eigenvalue weighted by atomic mass is 10.2. The number of aryl methyl sites for hydroxylation is 1. The fraction of sp³-hybridized carbons (Fsp3) is 0.421. The van der Waals surface area contributed by atoms with Crippen molar-refractivity contribution in [2.24, 2.45) is 0 Å². The molecule has 2 aromatic rings. The number of amides is 1. The smallest absolute Gasteiger partial charge is 0.239 e. The number of hydrogen-bond donors (Lipinski definition) is 2. The Bertz CT molecular complexity index is 972. The van der Waals surface area contributed by atoms with Gasteiger partial charge in [-0.1, -0.05) is 0 Å². The number of rotatable bonds is 7. The predicted octanol–water partition coefficient (Wildman–Crippen LogP) is 1.96. The van der Waals surface area contributed by atoms with Crippen molar-refractivity contribution in [3.05, 3.63) is 36.0 Å². The largest absolute Gasteiger partial charge is 0.341 e. The second-order valence-electron chi connectivity index (χ2n) is 7.16. The van der Waals surface area contributed by atoms with Gasteiger partial charge in [-0.05, 0) is 44.0 Å². The number of aromatic nitrogens is 2. The van der Waals surface area contributed by atoms with Crippen LogP contribution in [-0.4, -0.2) is 61.5 Å². The Morgan fingerprint density at radius 1 is 1.14 bits per heavy atom. The molecule has 1 aliphatic heterocycles. The van der Waals surface area contributed by atoms with E-state index in [1.54, 1.807) is 12.1 Å². The number of nitrogens with one attached hydrogen (secondary N) is 2. The van der Waals surface area contributed by atoms with Crippen molar-refractivity contribution in [3.63, 3.8) is 0 Å². The van der Waals surface area contributed by atoms with Crippen molar-refractivity contribution in [2.75, 3.05) is 48.5 Å². The van der Waals surface area contributed by atoms with E-state index in [1.165, 1.54) is 7.05 Å². The minimum atomic E-state index is -3.40. The van der Waals surface area contributed by atoms with E-state index in [9.17, 15) is 13.2 Å². The van der Waals surface area contributed by atoms with E-state index in [2.05, 4.69) is 25.5 Å². The first kappa shape index (κ1) is 21.0. The zero-order valence-electron chi connectivity index (χ0n) is 16.8. The van der Waals surface area contributed by atoms with Crippen molar-refractivity contribution in [2.45, 2.75) is 19.8 Å². The zero-order chi connectivity index (χ0) is 21.0. The Morgan fingerprint density at radius 3 is 2.38 bits per heavy atom. The quantitative estimate of drug-likeness (QED) is 0.708. The molecule has 1 aromatic heterocycles. The minimum Gasteiger partial charge on any atom is -0.341 e. The van der Waals surface area contributed by atoms with Crippen molar-refractivity contribution < 1.29 is 13.2 Å². The summed E-state index contributed by atoms with van der Waals surface area (Å²) in [5.74, 6) is 1.05. The van der Waals surface area contributed by atoms with Gasteiger partial charge in [0.05, 0.1) is 12.8 Å². The van der Waals surface area contributed by atoms with Crippen LogP contribution >= 0.6 is 0 Å². The molecule has 9 nitrogen and oxygen atoms in total. The molecule has 10 heteroatoms. The molecule has 0 saturated carbocycles. The van der Waals surface area contributed by atoms with Crippen molar-refractivity contribution in [3.8, 4) is 0 Å². The molecule has 2 N–H and O–H groups in total. The number of hydrogen-bond acceptors (Lipinski definition) is 7. The average molecular weight is 419 g/mol. The molecule has 29 heavy (non-hydrogen) atoms. The van der Waals surface area contributed by atoms with E-state index in [-0.39, 0.29) is 6.54 Å². The number of sulfonamides is 1. The van der Waals surface area contributed by atoms with Crippen molar-refractivity contribution in [1.82, 2.24) is 14.3 Å². The zero-order valence-corrected chi connectivity index (χ0v) is 17.7. The molecule has 1 aromatic carbocycles. The molecular weight excluding hydrogens is 392 g/mol. The van der Waals surface area contributed by atoms with Crippen LogP contribution in [-0.2, 0) is 14.8 Å². The van der Waals surface area contributed by atoms with Crippen molar-refractivity contribution in [1.29, 1.82) is 0 Å². The van der Waals surface area contributed by atoms with Gasteiger partial charge in [-0.15, -0.1) is 0 Å². The third-order valence-corrected chi connectivity index (χ3v) is 5.87. The average Bonchev–Trinajstić information content (AvgIpc) is 3.17. The number of nitrogens with zero attached hydrogens (tertiary/aromatic N) is 4. The lowest BCUT2D eigenvalue weighted by Gasteiger charge is -2.17. The highest BCUT2D eigenvalue weighted by Crippen LogP contribution is 2.22. The highest BCUT2D eigenvalue weighted by Gasteiger charge is 2.17. The molecular formula is C19H26N6O3S. The standard InChI is InChI=1S/C19H26N6O3S/c1-14-12-17(23-19(20-14)25-10-4-5-11-25)21-15-6-8-16(9-7-15)22-18(26)13-24(2)29(3,27)28/h6-9,12H,4-5,10-11,13H2,1-3H3,(H,22,26)(H,20,21,23). The lowest BCUT2D eigenvalue weighted by molar-refractivity contribution is -0.116. The molecule has 3 rings (SSSR count). The molecule has 1 amide bonds. The molecule has 2 heterocycles. The SMILES string of the molecule is Cc1cc(Nc2ccc(NC(=O)CN(C)S(C)(=O)=O)cc2)nc(N2CCCC2)n1. The molecule has 0 radical (unpaired) electrons. The van der Waals surface area contributed by atoms with Crippen LogP contribution in [0.5, 0.6) is 0 Å². The minimum absolute atomic E-state index is 0.238. The first-order valence-electron chi connectivity index (χ1n) is 9.39. The number of carbonyl (C=O) groups excluding carboxylic acids is 1. The highest BCUT2D eigenvalue weighted by atomic mass is 32.2. The van der Waals surface area contributed by atoms with Gasteiger partial charge in [0.1, 0.15) is 5.82 Å². The van der Waals surface area contributed by atoms with Crippen LogP contribution in [0.15, 0.2) is 30.3 Å². The van der Waals surface area contributed by atoms with Gasteiger partial charge >= 0.3 is 0 Å².